The van der Waals surface area contributed by atoms with Gasteiger partial charge in [0.05, 0.1) is 7.11 Å². The Labute approximate surface area is 118 Å². The van der Waals surface area contributed by atoms with Crippen LogP contribution in [0, 0.1) is 0 Å². The summed E-state index contributed by atoms with van der Waals surface area (Å²) in [5.41, 5.74) is 1.04. The lowest BCUT2D eigenvalue weighted by molar-refractivity contribution is -0.132. The third-order valence-corrected chi connectivity index (χ3v) is 3.33. The maximum absolute atomic E-state index is 12.1. The van der Waals surface area contributed by atoms with E-state index in [1.165, 1.54) is 6.08 Å². The van der Waals surface area contributed by atoms with Gasteiger partial charge in [0.1, 0.15) is 11.8 Å². The van der Waals surface area contributed by atoms with E-state index in [1.807, 2.05) is 24.3 Å². The van der Waals surface area contributed by atoms with Gasteiger partial charge in [-0.1, -0.05) is 18.7 Å². The molecule has 1 saturated heterocycles. The van der Waals surface area contributed by atoms with Gasteiger partial charge < -0.3 is 15.0 Å². The summed E-state index contributed by atoms with van der Waals surface area (Å²) in [5, 5.41) is 2.64. The van der Waals surface area contributed by atoms with Crippen LogP contribution in [0.15, 0.2) is 36.9 Å². The number of carbonyl (C=O) groups excluding carboxylic acids is 2. The Morgan fingerprint density at radius 3 is 2.80 bits per heavy atom. The molecule has 5 heteroatoms. The van der Waals surface area contributed by atoms with E-state index in [1.54, 1.807) is 12.0 Å². The maximum Gasteiger partial charge on any atom is 0.245 e. The molecular weight excluding hydrogens is 256 g/mol. The van der Waals surface area contributed by atoms with E-state index in [0.717, 1.165) is 11.3 Å². The van der Waals surface area contributed by atoms with E-state index in [-0.39, 0.29) is 11.8 Å². The Morgan fingerprint density at radius 2 is 2.20 bits per heavy atom. The molecule has 1 aliphatic heterocycles. The molecule has 0 aliphatic carbocycles. The van der Waals surface area contributed by atoms with Crippen molar-refractivity contribution in [3.05, 3.63) is 42.5 Å². The zero-order valence-corrected chi connectivity index (χ0v) is 11.5. The number of amides is 2. The second-order valence-corrected chi connectivity index (χ2v) is 4.66. The third kappa shape index (κ3) is 3.17. The first kappa shape index (κ1) is 14.1. The summed E-state index contributed by atoms with van der Waals surface area (Å²) in [5.74, 6) is 0.434. The highest BCUT2D eigenvalue weighted by molar-refractivity contribution is 5.93. The number of carbonyl (C=O) groups is 2. The number of nitrogens with one attached hydrogen (secondary N) is 1. The summed E-state index contributed by atoms with van der Waals surface area (Å²) in [6.45, 7) is 4.57. The molecule has 2 rings (SSSR count). The van der Waals surface area contributed by atoms with Crippen LogP contribution in [0.5, 0.6) is 5.75 Å². The van der Waals surface area contributed by atoms with Crippen LogP contribution in [0.4, 0.5) is 0 Å². The van der Waals surface area contributed by atoms with Gasteiger partial charge in [0, 0.05) is 13.1 Å². The predicted octanol–water partition coefficient (Wildman–Crippen LogP) is 1.10. The maximum atomic E-state index is 12.1. The van der Waals surface area contributed by atoms with Crippen molar-refractivity contribution in [1.29, 1.82) is 0 Å². The van der Waals surface area contributed by atoms with Crippen molar-refractivity contribution < 1.29 is 14.3 Å². The number of likely N-dealkylation sites (tertiary alicyclic amines) is 1. The van der Waals surface area contributed by atoms with E-state index >= 15 is 0 Å². The van der Waals surface area contributed by atoms with Crippen molar-refractivity contribution in [2.24, 2.45) is 0 Å². The molecule has 1 N–H and O–H groups in total. The van der Waals surface area contributed by atoms with Crippen molar-refractivity contribution in [2.45, 2.75) is 19.0 Å². The number of ether oxygens (including phenoxy) is 1. The minimum atomic E-state index is -0.432. The highest BCUT2D eigenvalue weighted by Crippen LogP contribution is 2.17. The molecule has 2 amide bonds. The van der Waals surface area contributed by atoms with Gasteiger partial charge in [-0.2, -0.15) is 0 Å². The number of rotatable bonds is 5. The average molecular weight is 274 g/mol. The normalized spacial score (nSPS) is 17.9. The summed E-state index contributed by atoms with van der Waals surface area (Å²) in [7, 11) is 1.62. The number of hydrogen-bond acceptors (Lipinski definition) is 3. The van der Waals surface area contributed by atoms with Crippen LogP contribution in [-0.4, -0.2) is 36.4 Å². The molecule has 0 radical (unpaired) electrons. The van der Waals surface area contributed by atoms with Gasteiger partial charge in [0.25, 0.3) is 0 Å². The van der Waals surface area contributed by atoms with Crippen LogP contribution in [0.1, 0.15) is 12.0 Å². The lowest BCUT2D eigenvalue weighted by Crippen LogP contribution is -2.40. The standard InChI is InChI=1S/C15H18N2O3/c1-3-14(18)16-13-8-9-17(15(13)19)10-11-4-6-12(20-2)7-5-11/h3-7,13H,1,8-10H2,2H3,(H,16,18). The quantitative estimate of drug-likeness (QED) is 0.818. The Bertz CT molecular complexity index is 510. The fraction of sp³-hybridized carbons (Fsp3) is 0.333. The molecule has 1 atom stereocenters. The Kier molecular flexibility index (Phi) is 4.40. The van der Waals surface area contributed by atoms with Crippen molar-refractivity contribution in [3.8, 4) is 5.75 Å². The number of methoxy groups -OCH3 is 1. The van der Waals surface area contributed by atoms with E-state index in [2.05, 4.69) is 11.9 Å². The third-order valence-electron chi connectivity index (χ3n) is 3.33. The van der Waals surface area contributed by atoms with Crippen LogP contribution in [0.3, 0.4) is 0 Å². The van der Waals surface area contributed by atoms with Gasteiger partial charge in [0.2, 0.25) is 11.8 Å². The van der Waals surface area contributed by atoms with E-state index < -0.39 is 6.04 Å². The molecular formula is C15H18N2O3. The van der Waals surface area contributed by atoms with Gasteiger partial charge in [-0.15, -0.1) is 0 Å². The lowest BCUT2D eigenvalue weighted by Gasteiger charge is -2.17. The molecule has 5 nitrogen and oxygen atoms in total. The van der Waals surface area contributed by atoms with Gasteiger partial charge in [-0.05, 0) is 30.2 Å². The summed E-state index contributed by atoms with van der Waals surface area (Å²) in [6.07, 6.45) is 1.81. The smallest absolute Gasteiger partial charge is 0.245 e. The summed E-state index contributed by atoms with van der Waals surface area (Å²) in [6, 6.07) is 7.17. The number of benzene rings is 1. The fourth-order valence-electron chi connectivity index (χ4n) is 2.21. The molecule has 1 fully saturated rings. The fourth-order valence-corrected chi connectivity index (χ4v) is 2.21. The Morgan fingerprint density at radius 1 is 1.50 bits per heavy atom. The first-order valence-electron chi connectivity index (χ1n) is 6.48. The van der Waals surface area contributed by atoms with Gasteiger partial charge in [0.15, 0.2) is 0 Å². The molecule has 0 aromatic heterocycles. The Balaban J connectivity index is 1.95. The van der Waals surface area contributed by atoms with Crippen LogP contribution in [0.25, 0.3) is 0 Å². The molecule has 106 valence electrons. The molecule has 1 unspecified atom stereocenters. The number of hydrogen-bond donors (Lipinski definition) is 1. The highest BCUT2D eigenvalue weighted by Gasteiger charge is 2.32. The summed E-state index contributed by atoms with van der Waals surface area (Å²) in [4.78, 5) is 25.1. The van der Waals surface area contributed by atoms with E-state index in [4.69, 9.17) is 4.74 Å². The molecule has 0 spiro atoms. The van der Waals surface area contributed by atoms with Crippen molar-refractivity contribution in [3.63, 3.8) is 0 Å². The molecule has 0 saturated carbocycles. The molecule has 1 heterocycles. The van der Waals surface area contributed by atoms with Gasteiger partial charge >= 0.3 is 0 Å². The second kappa shape index (κ2) is 6.23. The molecule has 1 aliphatic rings. The monoisotopic (exact) mass is 274 g/mol. The van der Waals surface area contributed by atoms with Crippen molar-refractivity contribution >= 4 is 11.8 Å². The SMILES string of the molecule is C=CC(=O)NC1CCN(Cc2ccc(OC)cc2)C1=O. The topological polar surface area (TPSA) is 58.6 Å². The molecule has 1 aromatic carbocycles. The predicted molar refractivity (Wildman–Crippen MR) is 75.2 cm³/mol. The van der Waals surface area contributed by atoms with Gasteiger partial charge in [-0.3, -0.25) is 9.59 Å². The van der Waals surface area contributed by atoms with Crippen LogP contribution < -0.4 is 10.1 Å². The minimum Gasteiger partial charge on any atom is -0.497 e. The molecule has 0 bridgehead atoms. The number of nitrogens with zero attached hydrogens (tertiary/aromatic N) is 1. The lowest BCUT2D eigenvalue weighted by atomic mass is 10.2. The van der Waals surface area contributed by atoms with E-state index in [9.17, 15) is 9.59 Å². The molecule has 1 aromatic rings. The van der Waals surface area contributed by atoms with Crippen LogP contribution in [0.2, 0.25) is 0 Å². The van der Waals surface area contributed by atoms with Crippen molar-refractivity contribution in [2.75, 3.05) is 13.7 Å². The van der Waals surface area contributed by atoms with Crippen LogP contribution >= 0.6 is 0 Å². The van der Waals surface area contributed by atoms with Gasteiger partial charge in [-0.25, -0.2) is 0 Å². The molecule has 20 heavy (non-hydrogen) atoms. The zero-order valence-electron chi connectivity index (χ0n) is 11.5. The average Bonchev–Trinajstić information content (AvgIpc) is 2.81. The van der Waals surface area contributed by atoms with E-state index in [0.29, 0.717) is 19.5 Å². The minimum absolute atomic E-state index is 0.0454. The first-order valence-corrected chi connectivity index (χ1v) is 6.48. The summed E-state index contributed by atoms with van der Waals surface area (Å²) >= 11 is 0. The zero-order chi connectivity index (χ0) is 14.5. The highest BCUT2D eigenvalue weighted by atomic mass is 16.5. The first-order chi connectivity index (χ1) is 9.63. The second-order valence-electron chi connectivity index (χ2n) is 4.66. The summed E-state index contributed by atoms with van der Waals surface area (Å²) < 4.78 is 5.10. The van der Waals surface area contributed by atoms with Crippen LogP contribution in [-0.2, 0) is 16.1 Å². The van der Waals surface area contributed by atoms with Crippen molar-refractivity contribution in [1.82, 2.24) is 10.2 Å². The Hall–Kier alpha value is -2.30. The largest absolute Gasteiger partial charge is 0.497 e.